The van der Waals surface area contributed by atoms with E-state index < -0.39 is 0 Å². The molecule has 3 heteroatoms. The van der Waals surface area contributed by atoms with E-state index in [0.29, 0.717) is 13.7 Å². The Hall–Kier alpha value is -1.29. The highest BCUT2D eigenvalue weighted by Crippen LogP contribution is 2.66. The quantitative estimate of drug-likeness (QED) is 0.477. The van der Waals surface area contributed by atoms with E-state index in [9.17, 15) is 0 Å². The molecule has 120 valence electrons. The molecule has 3 aromatic carbocycles. The topological polar surface area (TPSA) is 0 Å². The summed E-state index contributed by atoms with van der Waals surface area (Å²) < 4.78 is 1.38. The minimum atomic E-state index is 0.461. The molecule has 1 saturated heterocycles. The zero-order chi connectivity index (χ0) is 16.2. The molecule has 0 aliphatic carbocycles. The van der Waals surface area contributed by atoms with Crippen molar-refractivity contribution in [3.8, 4) is 0 Å². The Morgan fingerprint density at radius 2 is 0.625 bits per heavy atom. The second-order valence-corrected chi connectivity index (χ2v) is 10.2. The van der Waals surface area contributed by atoms with Crippen molar-refractivity contribution in [3.05, 3.63) is 108 Å². The molecule has 0 amide bonds. The molecule has 4 rings (SSSR count). The van der Waals surface area contributed by atoms with E-state index in [0.717, 1.165) is 0 Å². The summed E-state index contributed by atoms with van der Waals surface area (Å²) in [4.78, 5) is 0. The Morgan fingerprint density at radius 1 is 0.375 bits per heavy atom. The van der Waals surface area contributed by atoms with Gasteiger partial charge in [0.25, 0.3) is 0 Å². The van der Waals surface area contributed by atoms with Gasteiger partial charge in [-0.05, 0) is 16.7 Å². The summed E-state index contributed by atoms with van der Waals surface area (Å²) in [5.41, 5.74) is 4.24. The van der Waals surface area contributed by atoms with Gasteiger partial charge in [0.15, 0.2) is 0 Å². The third-order valence-corrected chi connectivity index (χ3v) is 9.07. The first kappa shape index (κ1) is 16.2. The average molecular weight is 367 g/mol. The van der Waals surface area contributed by atoms with Crippen molar-refractivity contribution in [2.75, 3.05) is 0 Å². The lowest BCUT2D eigenvalue weighted by Gasteiger charge is -2.34. The molecule has 1 aliphatic heterocycles. The zero-order valence-corrected chi connectivity index (χ0v) is 15.6. The lowest BCUT2D eigenvalue weighted by molar-refractivity contribution is 1.26. The van der Waals surface area contributed by atoms with Crippen molar-refractivity contribution in [1.82, 2.24) is 0 Å². The number of benzene rings is 3. The summed E-state index contributed by atoms with van der Waals surface area (Å²) in [6.07, 6.45) is 0. The summed E-state index contributed by atoms with van der Waals surface area (Å²) in [6, 6.07) is 32.7. The molecular formula is C21H18S3. The molecular weight excluding hydrogens is 348 g/mol. The largest absolute Gasteiger partial charge is 0.123 e. The lowest BCUT2D eigenvalue weighted by atomic mass is 10.2. The molecule has 0 radical (unpaired) electrons. The Labute approximate surface area is 156 Å². The van der Waals surface area contributed by atoms with Crippen LogP contribution in [0.3, 0.4) is 0 Å². The van der Waals surface area contributed by atoms with Gasteiger partial charge in [-0.15, -0.1) is 35.3 Å². The van der Waals surface area contributed by atoms with Gasteiger partial charge in [-0.2, -0.15) is 0 Å². The van der Waals surface area contributed by atoms with Crippen LogP contribution in [0.5, 0.6) is 0 Å². The number of hydrogen-bond acceptors (Lipinski definition) is 3. The first-order valence-electron chi connectivity index (χ1n) is 8.01. The van der Waals surface area contributed by atoms with Gasteiger partial charge >= 0.3 is 0 Å². The van der Waals surface area contributed by atoms with E-state index in [1.54, 1.807) is 0 Å². The summed E-state index contributed by atoms with van der Waals surface area (Å²) >= 11 is 6.19. The molecule has 0 N–H and O–H groups in total. The van der Waals surface area contributed by atoms with Crippen molar-refractivity contribution >= 4 is 35.3 Å². The molecule has 3 aromatic rings. The normalized spacial score (nSPS) is 23.8. The number of hydrogen-bond donors (Lipinski definition) is 0. The van der Waals surface area contributed by atoms with Gasteiger partial charge < -0.3 is 0 Å². The fourth-order valence-electron chi connectivity index (χ4n) is 2.73. The van der Waals surface area contributed by atoms with Crippen LogP contribution >= 0.6 is 35.3 Å². The van der Waals surface area contributed by atoms with E-state index in [-0.39, 0.29) is 0 Å². The summed E-state index contributed by atoms with van der Waals surface area (Å²) in [6.45, 7) is 0. The summed E-state index contributed by atoms with van der Waals surface area (Å²) in [5.74, 6) is 0. The van der Waals surface area contributed by atoms with Crippen molar-refractivity contribution in [2.45, 2.75) is 13.7 Å². The second-order valence-electron chi connectivity index (χ2n) is 5.64. The van der Waals surface area contributed by atoms with Crippen LogP contribution in [0.25, 0.3) is 0 Å². The summed E-state index contributed by atoms with van der Waals surface area (Å²) in [5, 5.41) is 0. The number of rotatable bonds is 3. The smallest absolute Gasteiger partial charge is 0.0780 e. The van der Waals surface area contributed by atoms with Gasteiger partial charge in [-0.1, -0.05) is 91.0 Å². The second kappa shape index (κ2) is 7.73. The van der Waals surface area contributed by atoms with E-state index >= 15 is 0 Å². The van der Waals surface area contributed by atoms with Crippen molar-refractivity contribution < 1.29 is 0 Å². The predicted molar refractivity (Wildman–Crippen MR) is 110 cm³/mol. The van der Waals surface area contributed by atoms with Gasteiger partial charge in [0.1, 0.15) is 0 Å². The molecule has 1 heterocycles. The third kappa shape index (κ3) is 3.69. The lowest BCUT2D eigenvalue weighted by Crippen LogP contribution is -2.05. The monoisotopic (exact) mass is 366 g/mol. The van der Waals surface area contributed by atoms with E-state index in [1.165, 1.54) is 16.7 Å². The van der Waals surface area contributed by atoms with Crippen molar-refractivity contribution in [3.63, 3.8) is 0 Å². The van der Waals surface area contributed by atoms with Crippen molar-refractivity contribution in [1.29, 1.82) is 0 Å². The molecule has 0 unspecified atom stereocenters. The highest BCUT2D eigenvalue weighted by molar-refractivity contribution is 8.32. The van der Waals surface area contributed by atoms with E-state index in [4.69, 9.17) is 0 Å². The van der Waals surface area contributed by atoms with Gasteiger partial charge in [0.05, 0.1) is 13.7 Å². The zero-order valence-electron chi connectivity index (χ0n) is 13.1. The van der Waals surface area contributed by atoms with Crippen LogP contribution in [0.4, 0.5) is 0 Å². The van der Waals surface area contributed by atoms with Crippen LogP contribution in [0, 0.1) is 0 Å². The average Bonchev–Trinajstić information content (AvgIpc) is 2.70. The van der Waals surface area contributed by atoms with Crippen LogP contribution in [0.15, 0.2) is 91.0 Å². The predicted octanol–water partition coefficient (Wildman–Crippen LogP) is 7.30. The highest BCUT2D eigenvalue weighted by Gasteiger charge is 2.33. The van der Waals surface area contributed by atoms with Crippen LogP contribution in [-0.4, -0.2) is 0 Å². The van der Waals surface area contributed by atoms with Crippen LogP contribution < -0.4 is 0 Å². The van der Waals surface area contributed by atoms with Crippen molar-refractivity contribution in [2.24, 2.45) is 0 Å². The van der Waals surface area contributed by atoms with E-state index in [2.05, 4.69) is 126 Å². The van der Waals surface area contributed by atoms with Gasteiger partial charge in [0, 0.05) is 0 Å². The first-order valence-corrected chi connectivity index (χ1v) is 10.8. The fourth-order valence-corrected chi connectivity index (χ4v) is 8.70. The molecule has 1 aliphatic rings. The highest BCUT2D eigenvalue weighted by atomic mass is 32.3. The Morgan fingerprint density at radius 3 is 0.875 bits per heavy atom. The molecule has 0 spiro atoms. The van der Waals surface area contributed by atoms with Crippen LogP contribution in [-0.2, 0) is 0 Å². The Balaban J connectivity index is 1.66. The van der Waals surface area contributed by atoms with Crippen LogP contribution in [0.1, 0.15) is 30.4 Å². The molecule has 0 bridgehead atoms. The number of thioether (sulfide) groups is 3. The maximum Gasteiger partial charge on any atom is 0.0780 e. The minimum absolute atomic E-state index is 0.461. The third-order valence-electron chi connectivity index (χ3n) is 3.96. The summed E-state index contributed by atoms with van der Waals surface area (Å²) in [7, 11) is 0. The molecule has 0 nitrogen and oxygen atoms in total. The Bertz CT molecular complexity index is 645. The molecule has 1 fully saturated rings. The van der Waals surface area contributed by atoms with Gasteiger partial charge in [0.2, 0.25) is 0 Å². The standard InChI is InChI=1S/C21H18S3/c1-4-10-16(11-5-1)19-22-20(17-12-6-2-7-13-17)24-21(23-19)18-14-8-3-9-15-18/h1-15,19-21H. The maximum atomic E-state index is 2.25. The fraction of sp³-hybridized carbons (Fsp3) is 0.143. The van der Waals surface area contributed by atoms with Gasteiger partial charge in [-0.3, -0.25) is 0 Å². The molecule has 24 heavy (non-hydrogen) atoms. The van der Waals surface area contributed by atoms with Crippen LogP contribution in [0.2, 0.25) is 0 Å². The molecule has 0 aromatic heterocycles. The van der Waals surface area contributed by atoms with Gasteiger partial charge in [-0.25, -0.2) is 0 Å². The molecule has 0 saturated carbocycles. The SMILES string of the molecule is c1ccc(C2SC(c3ccccc3)SC(c3ccccc3)S2)cc1. The minimum Gasteiger partial charge on any atom is -0.123 e. The maximum absolute atomic E-state index is 2.25. The molecule has 0 atom stereocenters. The first-order chi connectivity index (χ1) is 11.9. The van der Waals surface area contributed by atoms with E-state index in [1.807, 2.05) is 0 Å². The Kier molecular flexibility index (Phi) is 5.21.